The van der Waals surface area contributed by atoms with Crippen molar-refractivity contribution in [2.75, 3.05) is 24.3 Å². The summed E-state index contributed by atoms with van der Waals surface area (Å²) in [6, 6.07) is 14.4. The average Bonchev–Trinajstić information content (AvgIpc) is 2.45. The molecular formula is C15H15ClN2O2. The summed E-state index contributed by atoms with van der Waals surface area (Å²) >= 11 is 5.86. The third-order valence-electron chi connectivity index (χ3n) is 2.65. The molecule has 4 nitrogen and oxygen atoms in total. The minimum absolute atomic E-state index is 0.146. The van der Waals surface area contributed by atoms with Crippen LogP contribution in [0, 0.1) is 0 Å². The van der Waals surface area contributed by atoms with Crippen molar-refractivity contribution >= 4 is 28.9 Å². The number of carbonyl (C=O) groups excluding carboxylic acids is 1. The number of methoxy groups -OCH3 is 1. The van der Waals surface area contributed by atoms with Crippen LogP contribution in [0.2, 0.25) is 5.02 Å². The molecule has 0 bridgehead atoms. The lowest BCUT2D eigenvalue weighted by Gasteiger charge is -2.11. The molecule has 0 aromatic heterocycles. The van der Waals surface area contributed by atoms with Gasteiger partial charge >= 0.3 is 0 Å². The van der Waals surface area contributed by atoms with Gasteiger partial charge in [0.15, 0.2) is 0 Å². The third-order valence-corrected chi connectivity index (χ3v) is 2.89. The Hall–Kier alpha value is -2.20. The lowest BCUT2D eigenvalue weighted by Crippen LogP contribution is -2.21. The second kappa shape index (κ2) is 6.82. The molecule has 5 heteroatoms. The topological polar surface area (TPSA) is 50.4 Å². The van der Waals surface area contributed by atoms with E-state index in [4.69, 9.17) is 16.3 Å². The number of hydrogen-bond donors (Lipinski definition) is 2. The highest BCUT2D eigenvalue weighted by Crippen LogP contribution is 2.22. The van der Waals surface area contributed by atoms with E-state index in [0.717, 1.165) is 5.69 Å². The van der Waals surface area contributed by atoms with Crippen molar-refractivity contribution < 1.29 is 9.53 Å². The number of ether oxygens (including phenoxy) is 1. The van der Waals surface area contributed by atoms with Crippen molar-refractivity contribution in [3.05, 3.63) is 53.6 Å². The average molecular weight is 291 g/mol. The lowest BCUT2D eigenvalue weighted by molar-refractivity contribution is -0.114. The fraction of sp³-hybridized carbons (Fsp3) is 0.133. The highest BCUT2D eigenvalue weighted by molar-refractivity contribution is 6.30. The first kappa shape index (κ1) is 14.2. The zero-order valence-corrected chi connectivity index (χ0v) is 11.8. The van der Waals surface area contributed by atoms with Crippen molar-refractivity contribution in [2.24, 2.45) is 0 Å². The first-order valence-corrected chi connectivity index (χ1v) is 6.49. The van der Waals surface area contributed by atoms with Gasteiger partial charge in [-0.25, -0.2) is 0 Å². The number of carbonyl (C=O) groups is 1. The Bertz CT molecular complexity index is 602. The van der Waals surface area contributed by atoms with Crippen LogP contribution in [0.4, 0.5) is 11.4 Å². The Labute approximate surface area is 122 Å². The van der Waals surface area contributed by atoms with Crippen LogP contribution in [-0.4, -0.2) is 19.6 Å². The summed E-state index contributed by atoms with van der Waals surface area (Å²) in [6.45, 7) is 0.146. The van der Waals surface area contributed by atoms with E-state index in [1.54, 1.807) is 31.4 Å². The molecule has 0 aliphatic heterocycles. The SMILES string of the molecule is COc1ccccc1NCC(=O)Nc1cccc(Cl)c1. The molecule has 0 saturated heterocycles. The summed E-state index contributed by atoms with van der Waals surface area (Å²) < 4.78 is 5.20. The monoisotopic (exact) mass is 290 g/mol. The number of amides is 1. The summed E-state index contributed by atoms with van der Waals surface area (Å²) in [7, 11) is 1.59. The number of hydrogen-bond acceptors (Lipinski definition) is 3. The van der Waals surface area contributed by atoms with Crippen LogP contribution in [0.25, 0.3) is 0 Å². The molecule has 2 aromatic rings. The number of benzene rings is 2. The number of halogens is 1. The van der Waals surface area contributed by atoms with Gasteiger partial charge in [0.2, 0.25) is 5.91 Å². The van der Waals surface area contributed by atoms with E-state index in [2.05, 4.69) is 10.6 Å². The van der Waals surface area contributed by atoms with Crippen molar-refractivity contribution in [2.45, 2.75) is 0 Å². The van der Waals surface area contributed by atoms with Crippen LogP contribution >= 0.6 is 11.6 Å². The van der Waals surface area contributed by atoms with Crippen molar-refractivity contribution in [3.8, 4) is 5.75 Å². The molecule has 104 valence electrons. The maximum absolute atomic E-state index is 11.8. The fourth-order valence-corrected chi connectivity index (χ4v) is 1.93. The molecule has 0 atom stereocenters. The Morgan fingerprint density at radius 2 is 2.00 bits per heavy atom. The van der Waals surface area contributed by atoms with Crippen LogP contribution < -0.4 is 15.4 Å². The fourth-order valence-electron chi connectivity index (χ4n) is 1.74. The van der Waals surface area contributed by atoms with Gasteiger partial charge in [0.25, 0.3) is 0 Å². The zero-order chi connectivity index (χ0) is 14.4. The van der Waals surface area contributed by atoms with Crippen molar-refractivity contribution in [1.29, 1.82) is 0 Å². The van der Waals surface area contributed by atoms with Gasteiger partial charge < -0.3 is 15.4 Å². The molecule has 2 rings (SSSR count). The first-order valence-electron chi connectivity index (χ1n) is 6.11. The smallest absolute Gasteiger partial charge is 0.243 e. The molecule has 0 aliphatic rings. The molecule has 2 aromatic carbocycles. The number of anilines is 2. The summed E-state index contributed by atoms with van der Waals surface area (Å²) in [5.74, 6) is 0.543. The number of rotatable bonds is 5. The molecule has 0 fully saturated rings. The number of nitrogens with one attached hydrogen (secondary N) is 2. The Balaban J connectivity index is 1.92. The molecule has 0 spiro atoms. The van der Waals surface area contributed by atoms with E-state index in [0.29, 0.717) is 16.5 Å². The van der Waals surface area contributed by atoms with E-state index in [1.807, 2.05) is 24.3 Å². The van der Waals surface area contributed by atoms with Gasteiger partial charge in [0.05, 0.1) is 19.3 Å². The minimum Gasteiger partial charge on any atom is -0.495 e. The normalized spacial score (nSPS) is 9.90. The Morgan fingerprint density at radius 1 is 1.20 bits per heavy atom. The molecule has 0 saturated carbocycles. The molecule has 20 heavy (non-hydrogen) atoms. The Kier molecular flexibility index (Phi) is 4.85. The van der Waals surface area contributed by atoms with Gasteiger partial charge in [0, 0.05) is 10.7 Å². The maximum Gasteiger partial charge on any atom is 0.243 e. The second-order valence-electron chi connectivity index (χ2n) is 4.11. The van der Waals surface area contributed by atoms with Gasteiger partial charge in [-0.2, -0.15) is 0 Å². The molecule has 0 aliphatic carbocycles. The molecule has 0 radical (unpaired) electrons. The predicted molar refractivity (Wildman–Crippen MR) is 81.6 cm³/mol. The third kappa shape index (κ3) is 3.90. The van der Waals surface area contributed by atoms with Gasteiger partial charge in [-0.1, -0.05) is 29.8 Å². The van der Waals surface area contributed by atoms with Crippen LogP contribution in [0.15, 0.2) is 48.5 Å². The first-order chi connectivity index (χ1) is 9.69. The van der Waals surface area contributed by atoms with Crippen LogP contribution in [0.5, 0.6) is 5.75 Å². The highest BCUT2D eigenvalue weighted by atomic mass is 35.5. The largest absolute Gasteiger partial charge is 0.495 e. The molecule has 2 N–H and O–H groups in total. The number of para-hydroxylation sites is 2. The van der Waals surface area contributed by atoms with E-state index in [9.17, 15) is 4.79 Å². The van der Waals surface area contributed by atoms with E-state index in [-0.39, 0.29) is 12.5 Å². The minimum atomic E-state index is -0.154. The van der Waals surface area contributed by atoms with Crippen molar-refractivity contribution in [3.63, 3.8) is 0 Å². The lowest BCUT2D eigenvalue weighted by atomic mass is 10.3. The second-order valence-corrected chi connectivity index (χ2v) is 4.55. The van der Waals surface area contributed by atoms with Crippen LogP contribution in [0.1, 0.15) is 0 Å². The quantitative estimate of drug-likeness (QED) is 0.887. The van der Waals surface area contributed by atoms with E-state index >= 15 is 0 Å². The van der Waals surface area contributed by atoms with Crippen LogP contribution in [0.3, 0.4) is 0 Å². The summed E-state index contributed by atoms with van der Waals surface area (Å²) in [5.41, 5.74) is 1.44. The highest BCUT2D eigenvalue weighted by Gasteiger charge is 2.05. The van der Waals surface area contributed by atoms with Gasteiger partial charge in [-0.3, -0.25) is 4.79 Å². The van der Waals surface area contributed by atoms with Gasteiger partial charge in [-0.15, -0.1) is 0 Å². The molecular weight excluding hydrogens is 276 g/mol. The zero-order valence-electron chi connectivity index (χ0n) is 11.0. The maximum atomic E-state index is 11.8. The molecule has 0 heterocycles. The molecule has 0 unspecified atom stereocenters. The Morgan fingerprint density at radius 3 is 2.75 bits per heavy atom. The molecule has 1 amide bonds. The van der Waals surface area contributed by atoms with Gasteiger partial charge in [0.1, 0.15) is 5.75 Å². The van der Waals surface area contributed by atoms with Crippen LogP contribution in [-0.2, 0) is 4.79 Å². The van der Waals surface area contributed by atoms with Gasteiger partial charge in [-0.05, 0) is 30.3 Å². The summed E-state index contributed by atoms with van der Waals surface area (Å²) in [4.78, 5) is 11.8. The standard InChI is InChI=1S/C15H15ClN2O2/c1-20-14-8-3-2-7-13(14)17-10-15(19)18-12-6-4-5-11(16)9-12/h2-9,17H,10H2,1H3,(H,18,19). The summed E-state index contributed by atoms with van der Waals surface area (Å²) in [6.07, 6.45) is 0. The summed E-state index contributed by atoms with van der Waals surface area (Å²) in [5, 5.41) is 6.38. The van der Waals surface area contributed by atoms with E-state index < -0.39 is 0 Å². The van der Waals surface area contributed by atoms with E-state index in [1.165, 1.54) is 0 Å². The van der Waals surface area contributed by atoms with Crippen molar-refractivity contribution in [1.82, 2.24) is 0 Å². The predicted octanol–water partition coefficient (Wildman–Crippen LogP) is 3.40.